The van der Waals surface area contributed by atoms with Crippen molar-refractivity contribution < 1.29 is 22.7 Å². The van der Waals surface area contributed by atoms with Gasteiger partial charge in [-0.05, 0) is 80.1 Å². The molecule has 2 aliphatic carbocycles. The van der Waals surface area contributed by atoms with Crippen molar-refractivity contribution in [3.63, 3.8) is 0 Å². The molecule has 1 aromatic heterocycles. The van der Waals surface area contributed by atoms with E-state index in [1.54, 1.807) is 13.2 Å². The van der Waals surface area contributed by atoms with Crippen molar-refractivity contribution in [3.05, 3.63) is 53.1 Å². The van der Waals surface area contributed by atoms with E-state index in [-0.39, 0.29) is 17.9 Å². The van der Waals surface area contributed by atoms with Crippen LogP contribution in [0.25, 0.3) is 22.2 Å². The molecule has 2 unspecified atom stereocenters. The maximum atomic E-state index is 14.7. The third kappa shape index (κ3) is 4.24. The Bertz CT molecular complexity index is 1820. The molecule has 9 nitrogen and oxygen atoms in total. The summed E-state index contributed by atoms with van der Waals surface area (Å²) in [6, 6.07) is 12.6. The zero-order chi connectivity index (χ0) is 30.5. The number of carbonyl (C=O) groups is 2. The summed E-state index contributed by atoms with van der Waals surface area (Å²) in [4.78, 5) is 32.3. The maximum Gasteiger partial charge on any atom is 0.264 e. The van der Waals surface area contributed by atoms with Gasteiger partial charge < -0.3 is 14.2 Å². The van der Waals surface area contributed by atoms with Gasteiger partial charge in [0.05, 0.1) is 24.5 Å². The number of ether oxygens (including phenoxy) is 1. The molecule has 3 aliphatic heterocycles. The van der Waals surface area contributed by atoms with E-state index in [1.165, 1.54) is 30.4 Å². The number of fused-ring (bicyclic) bond motifs is 9. The Hall–Kier alpha value is -3.37. The van der Waals surface area contributed by atoms with Crippen LogP contribution in [0.15, 0.2) is 36.4 Å². The standard InChI is InChI=1S/C34H40N4O5S/c1-36-17-23-14-22(36)18-37(23)33(40)34-16-28(34)27-15-24(43-2)10-12-25(27)31-30(20-7-5-4-6-8-20)26-11-9-21(13-29(26)38(31)19-34)32(39)35-44(3,41)42/h9-13,15,20,22-23,28H,4-8,14,16-19H2,1-3H3,(H,35,39)/t22-,23+,28?,34?/m0/s1. The molecular formula is C34H40N4O5S. The Labute approximate surface area is 258 Å². The predicted molar refractivity (Wildman–Crippen MR) is 168 cm³/mol. The largest absolute Gasteiger partial charge is 0.497 e. The van der Waals surface area contributed by atoms with Gasteiger partial charge in [0.2, 0.25) is 15.9 Å². The summed E-state index contributed by atoms with van der Waals surface area (Å²) >= 11 is 0. The first-order chi connectivity index (χ1) is 21.1. The highest BCUT2D eigenvalue weighted by Gasteiger charge is 2.65. The van der Waals surface area contributed by atoms with E-state index in [4.69, 9.17) is 4.74 Å². The van der Waals surface area contributed by atoms with Gasteiger partial charge in [-0.15, -0.1) is 0 Å². The molecule has 8 rings (SSSR count). The molecule has 2 saturated heterocycles. The van der Waals surface area contributed by atoms with E-state index in [9.17, 15) is 18.0 Å². The van der Waals surface area contributed by atoms with Gasteiger partial charge in [-0.1, -0.05) is 25.3 Å². The molecule has 4 atom stereocenters. The van der Waals surface area contributed by atoms with E-state index in [1.807, 2.05) is 18.2 Å². The van der Waals surface area contributed by atoms with Crippen molar-refractivity contribution in [2.75, 3.05) is 33.5 Å². The van der Waals surface area contributed by atoms with Crippen LogP contribution in [0.2, 0.25) is 0 Å². The number of hydrogen-bond acceptors (Lipinski definition) is 6. The fraction of sp³-hybridized carbons (Fsp3) is 0.529. The van der Waals surface area contributed by atoms with Gasteiger partial charge in [0, 0.05) is 59.7 Å². The maximum absolute atomic E-state index is 14.7. The highest BCUT2D eigenvalue weighted by Crippen LogP contribution is 2.66. The molecule has 4 heterocycles. The number of likely N-dealkylation sites (N-methyl/N-ethyl adjacent to an activating group) is 1. The fourth-order valence-electron chi connectivity index (χ4n) is 9.05. The summed E-state index contributed by atoms with van der Waals surface area (Å²) in [5.41, 5.74) is 5.38. The first kappa shape index (κ1) is 28.1. The van der Waals surface area contributed by atoms with Crippen LogP contribution in [-0.2, 0) is 21.4 Å². The van der Waals surface area contributed by atoms with Crippen LogP contribution >= 0.6 is 0 Å². The Morgan fingerprint density at radius 1 is 1.02 bits per heavy atom. The highest BCUT2D eigenvalue weighted by molar-refractivity contribution is 7.89. The quantitative estimate of drug-likeness (QED) is 0.455. The minimum absolute atomic E-state index is 0.0860. The lowest BCUT2D eigenvalue weighted by Crippen LogP contribution is -2.50. The van der Waals surface area contributed by atoms with Gasteiger partial charge in [-0.2, -0.15) is 0 Å². The molecule has 2 amide bonds. The Morgan fingerprint density at radius 3 is 2.50 bits per heavy atom. The molecule has 2 bridgehead atoms. The number of likely N-dealkylation sites (tertiary alicyclic amines) is 2. The van der Waals surface area contributed by atoms with Crippen molar-refractivity contribution in [3.8, 4) is 17.0 Å². The van der Waals surface area contributed by atoms with Crippen LogP contribution in [0.5, 0.6) is 5.75 Å². The Balaban J connectivity index is 1.33. The van der Waals surface area contributed by atoms with Crippen LogP contribution in [0.1, 0.15) is 78.3 Å². The summed E-state index contributed by atoms with van der Waals surface area (Å²) in [5, 5.41) is 1.09. The zero-order valence-corrected chi connectivity index (χ0v) is 26.5. The predicted octanol–water partition coefficient (Wildman–Crippen LogP) is 4.46. The lowest BCUT2D eigenvalue weighted by Gasteiger charge is -2.35. The number of rotatable bonds is 5. The number of nitrogens with one attached hydrogen (secondary N) is 1. The van der Waals surface area contributed by atoms with Crippen molar-refractivity contribution in [2.45, 2.75) is 75.4 Å². The molecule has 44 heavy (non-hydrogen) atoms. The van der Waals surface area contributed by atoms with Crippen molar-refractivity contribution in [1.82, 2.24) is 19.1 Å². The topological polar surface area (TPSA) is 101 Å². The van der Waals surface area contributed by atoms with Crippen molar-refractivity contribution >= 4 is 32.7 Å². The van der Waals surface area contributed by atoms with E-state index >= 15 is 0 Å². The number of methoxy groups -OCH3 is 1. The van der Waals surface area contributed by atoms with Crippen LogP contribution in [-0.4, -0.2) is 80.2 Å². The van der Waals surface area contributed by atoms with E-state index in [0.717, 1.165) is 72.9 Å². The number of nitrogens with zero attached hydrogens (tertiary/aromatic N) is 3. The third-order valence-electron chi connectivity index (χ3n) is 11.3. The van der Waals surface area contributed by atoms with Gasteiger partial charge in [0.15, 0.2) is 0 Å². The average molecular weight is 617 g/mol. The monoisotopic (exact) mass is 616 g/mol. The van der Waals surface area contributed by atoms with Gasteiger partial charge in [-0.25, -0.2) is 13.1 Å². The first-order valence-corrected chi connectivity index (χ1v) is 17.8. The molecule has 2 saturated carbocycles. The van der Waals surface area contributed by atoms with E-state index < -0.39 is 21.3 Å². The minimum Gasteiger partial charge on any atom is -0.497 e. The Morgan fingerprint density at radius 2 is 1.82 bits per heavy atom. The zero-order valence-electron chi connectivity index (χ0n) is 25.6. The van der Waals surface area contributed by atoms with Crippen LogP contribution < -0.4 is 9.46 Å². The number of carbonyl (C=O) groups excluding carboxylic acids is 2. The number of amides is 2. The summed E-state index contributed by atoms with van der Waals surface area (Å²) in [7, 11) is 0.124. The van der Waals surface area contributed by atoms with E-state index in [2.05, 4.69) is 38.3 Å². The Kier molecular flexibility index (Phi) is 6.27. The van der Waals surface area contributed by atoms with Crippen LogP contribution in [0, 0.1) is 5.41 Å². The van der Waals surface area contributed by atoms with Crippen molar-refractivity contribution in [2.24, 2.45) is 5.41 Å². The summed E-state index contributed by atoms with van der Waals surface area (Å²) in [6.45, 7) is 2.23. The van der Waals surface area contributed by atoms with Gasteiger partial charge in [0.25, 0.3) is 5.91 Å². The second kappa shape index (κ2) is 9.81. The third-order valence-corrected chi connectivity index (χ3v) is 11.8. The normalized spacial score (nSPS) is 27.9. The van der Waals surface area contributed by atoms with Gasteiger partial charge in [0.1, 0.15) is 5.75 Å². The molecular weight excluding hydrogens is 576 g/mol. The molecule has 0 radical (unpaired) electrons. The molecule has 232 valence electrons. The lowest BCUT2D eigenvalue weighted by atomic mass is 9.81. The molecule has 10 heteroatoms. The van der Waals surface area contributed by atoms with E-state index in [0.29, 0.717) is 24.1 Å². The molecule has 0 spiro atoms. The summed E-state index contributed by atoms with van der Waals surface area (Å²) in [6.07, 6.45) is 8.61. The number of benzene rings is 2. The molecule has 3 aromatic rings. The van der Waals surface area contributed by atoms with Crippen LogP contribution in [0.3, 0.4) is 0 Å². The fourth-order valence-corrected chi connectivity index (χ4v) is 9.50. The number of sulfonamides is 1. The molecule has 1 N–H and O–H groups in total. The molecule has 4 fully saturated rings. The van der Waals surface area contributed by atoms with Gasteiger partial charge in [-0.3, -0.25) is 14.5 Å². The second-order valence-electron chi connectivity index (χ2n) is 13.9. The second-order valence-corrected chi connectivity index (χ2v) is 15.7. The molecule has 2 aromatic carbocycles. The smallest absolute Gasteiger partial charge is 0.264 e. The average Bonchev–Trinajstić information content (AvgIpc) is 3.25. The summed E-state index contributed by atoms with van der Waals surface area (Å²) in [5.74, 6) is 0.858. The highest BCUT2D eigenvalue weighted by atomic mass is 32.2. The first-order valence-electron chi connectivity index (χ1n) is 16.0. The SMILES string of the molecule is COc1ccc2c(c1)C1CC1(C(=O)N1C[C@@H]3C[C@@H]1CN3C)Cn1c-2c(C2CCCCC2)c2ccc(C(=O)NS(C)(=O)=O)cc21. The van der Waals surface area contributed by atoms with Crippen LogP contribution in [0.4, 0.5) is 0 Å². The van der Waals surface area contributed by atoms with Crippen molar-refractivity contribution in [1.29, 1.82) is 0 Å². The minimum atomic E-state index is -3.72. The number of hydrogen-bond donors (Lipinski definition) is 1. The number of piperazine rings is 1. The number of aromatic nitrogens is 1. The molecule has 5 aliphatic rings. The van der Waals surface area contributed by atoms with Gasteiger partial charge >= 0.3 is 0 Å². The lowest BCUT2D eigenvalue weighted by molar-refractivity contribution is -0.140. The summed E-state index contributed by atoms with van der Waals surface area (Å²) < 4.78 is 34.0.